The molecule has 0 aliphatic carbocycles. The van der Waals surface area contributed by atoms with Gasteiger partial charge in [0.15, 0.2) is 0 Å². The van der Waals surface area contributed by atoms with E-state index in [1.54, 1.807) is 52.0 Å². The van der Waals surface area contributed by atoms with Gasteiger partial charge >= 0.3 is 11.9 Å². The summed E-state index contributed by atoms with van der Waals surface area (Å²) in [6.07, 6.45) is 0.698. The van der Waals surface area contributed by atoms with Gasteiger partial charge in [0, 0.05) is 44.6 Å². The predicted molar refractivity (Wildman–Crippen MR) is 112 cm³/mol. The molecule has 0 bridgehead atoms. The third-order valence-electron chi connectivity index (χ3n) is 4.53. The molecule has 1 aromatic carbocycles. The summed E-state index contributed by atoms with van der Waals surface area (Å²) in [7, 11) is -2.41. The van der Waals surface area contributed by atoms with Crippen molar-refractivity contribution in [2.75, 3.05) is 23.0 Å². The molecule has 8 heteroatoms. The maximum absolute atomic E-state index is 12.3. The molecule has 0 spiro atoms. The van der Waals surface area contributed by atoms with Crippen molar-refractivity contribution in [1.29, 1.82) is 0 Å². The lowest BCUT2D eigenvalue weighted by molar-refractivity contribution is -0.147. The molecule has 0 saturated carbocycles. The van der Waals surface area contributed by atoms with Gasteiger partial charge in [-0.2, -0.15) is 0 Å². The van der Waals surface area contributed by atoms with Crippen molar-refractivity contribution < 1.29 is 27.9 Å². The zero-order valence-electron chi connectivity index (χ0n) is 16.9. The second-order valence-electron chi connectivity index (χ2n) is 7.97. The number of benzene rings is 1. The van der Waals surface area contributed by atoms with Crippen LogP contribution in [0.25, 0.3) is 0 Å². The number of esters is 1. The minimum atomic E-state index is -1.21. The lowest BCUT2D eigenvalue weighted by Crippen LogP contribution is -2.31. The fraction of sp³-hybridized carbons (Fsp3) is 0.600. The van der Waals surface area contributed by atoms with Gasteiger partial charge in [0.1, 0.15) is 5.75 Å². The van der Waals surface area contributed by atoms with Crippen molar-refractivity contribution in [3.63, 3.8) is 0 Å². The van der Waals surface area contributed by atoms with Crippen LogP contribution in [0, 0.1) is 10.8 Å². The molecule has 6 nitrogen and oxygen atoms in total. The van der Waals surface area contributed by atoms with Crippen LogP contribution in [-0.4, -0.2) is 48.5 Å². The van der Waals surface area contributed by atoms with Crippen LogP contribution in [0.4, 0.5) is 0 Å². The van der Waals surface area contributed by atoms with E-state index in [2.05, 4.69) is 0 Å². The third-order valence-corrected chi connectivity index (χ3v) is 7.43. The highest BCUT2D eigenvalue weighted by molar-refractivity contribution is 7.88. The van der Waals surface area contributed by atoms with Crippen molar-refractivity contribution in [2.45, 2.75) is 40.5 Å². The summed E-state index contributed by atoms with van der Waals surface area (Å²) in [6.45, 7) is 6.70. The lowest BCUT2D eigenvalue weighted by atomic mass is 9.90. The van der Waals surface area contributed by atoms with Gasteiger partial charge in [-0.3, -0.25) is 18.0 Å². The minimum absolute atomic E-state index is 0.261. The molecule has 28 heavy (non-hydrogen) atoms. The first-order valence-electron chi connectivity index (χ1n) is 9.15. The number of rotatable bonds is 12. The Morgan fingerprint density at radius 3 is 1.79 bits per heavy atom. The van der Waals surface area contributed by atoms with Gasteiger partial charge in [0.05, 0.1) is 10.8 Å². The van der Waals surface area contributed by atoms with Crippen LogP contribution in [0.1, 0.15) is 40.5 Å². The number of ether oxygens (including phenoxy) is 1. The summed E-state index contributed by atoms with van der Waals surface area (Å²) >= 11 is 0. The first-order valence-corrected chi connectivity index (χ1v) is 12.1. The van der Waals surface area contributed by atoms with Gasteiger partial charge in [-0.25, -0.2) is 0 Å². The quantitative estimate of drug-likeness (QED) is 0.404. The number of carbonyl (C=O) groups excluding carboxylic acids is 1. The molecule has 0 aliphatic heterocycles. The van der Waals surface area contributed by atoms with Crippen LogP contribution in [0.5, 0.6) is 5.75 Å². The lowest BCUT2D eigenvalue weighted by Gasteiger charge is -2.22. The fourth-order valence-corrected chi connectivity index (χ4v) is 5.44. The second-order valence-corrected chi connectivity index (χ2v) is 11.4. The topological polar surface area (TPSA) is 97.7 Å². The predicted octanol–water partition coefficient (Wildman–Crippen LogP) is 3.01. The summed E-state index contributed by atoms with van der Waals surface area (Å²) in [4.78, 5) is 23.4. The third kappa shape index (κ3) is 8.65. The molecule has 1 aromatic rings. The highest BCUT2D eigenvalue weighted by Crippen LogP contribution is 2.24. The fourth-order valence-electron chi connectivity index (χ4n) is 2.07. The largest absolute Gasteiger partial charge is 0.481 e. The van der Waals surface area contributed by atoms with Crippen LogP contribution in [0.15, 0.2) is 30.3 Å². The maximum atomic E-state index is 12.3. The van der Waals surface area contributed by atoms with E-state index in [0.29, 0.717) is 24.3 Å². The Hall–Kier alpha value is -1.54. The Labute approximate surface area is 172 Å². The van der Waals surface area contributed by atoms with Gasteiger partial charge < -0.3 is 9.84 Å². The number of aliphatic carboxylic acids is 1. The van der Waals surface area contributed by atoms with Crippen molar-refractivity contribution >= 4 is 33.5 Å². The van der Waals surface area contributed by atoms with E-state index in [9.17, 15) is 18.0 Å². The molecule has 0 amide bonds. The highest BCUT2D eigenvalue weighted by Gasteiger charge is 2.30. The van der Waals surface area contributed by atoms with Crippen LogP contribution < -0.4 is 4.74 Å². The van der Waals surface area contributed by atoms with E-state index >= 15 is 0 Å². The van der Waals surface area contributed by atoms with Crippen molar-refractivity contribution in [3.05, 3.63) is 30.3 Å². The Kier molecular flexibility index (Phi) is 9.50. The van der Waals surface area contributed by atoms with E-state index in [0.717, 1.165) is 0 Å². The number of carbonyl (C=O) groups is 2. The number of carboxylic acids is 1. The summed E-state index contributed by atoms with van der Waals surface area (Å²) in [5.41, 5.74) is -1.70. The molecule has 2 unspecified atom stereocenters. The summed E-state index contributed by atoms with van der Waals surface area (Å²) in [5, 5.41) is 9.07. The van der Waals surface area contributed by atoms with Gasteiger partial charge in [-0.15, -0.1) is 0 Å². The Morgan fingerprint density at radius 1 is 0.857 bits per heavy atom. The van der Waals surface area contributed by atoms with E-state index in [4.69, 9.17) is 9.84 Å². The summed E-state index contributed by atoms with van der Waals surface area (Å²) < 4.78 is 29.6. The smallest absolute Gasteiger partial charge is 0.316 e. The van der Waals surface area contributed by atoms with Crippen molar-refractivity contribution in [3.8, 4) is 5.75 Å². The van der Waals surface area contributed by atoms with E-state index in [-0.39, 0.29) is 23.2 Å². The summed E-state index contributed by atoms with van der Waals surface area (Å²) in [5.74, 6) is 0.288. The molecular formula is C20H30O6S2. The Balaban J connectivity index is 2.37. The van der Waals surface area contributed by atoms with Crippen LogP contribution >= 0.6 is 0 Å². The number of para-hydroxylation sites is 1. The Morgan fingerprint density at radius 2 is 1.32 bits per heavy atom. The van der Waals surface area contributed by atoms with Crippen molar-refractivity contribution in [1.82, 2.24) is 0 Å². The first kappa shape index (κ1) is 24.5. The van der Waals surface area contributed by atoms with E-state index in [1.165, 1.54) is 0 Å². The van der Waals surface area contributed by atoms with Crippen LogP contribution in [-0.2, 0) is 31.2 Å². The Bertz CT molecular complexity index is 713. The zero-order chi connectivity index (χ0) is 21.4. The van der Waals surface area contributed by atoms with Gasteiger partial charge in [-0.05, 0) is 52.7 Å². The summed E-state index contributed by atoms with van der Waals surface area (Å²) in [6, 6.07) is 8.79. The van der Waals surface area contributed by atoms with Gasteiger partial charge in [-0.1, -0.05) is 18.2 Å². The SMILES string of the molecule is CC(C)(CCS(=O)CCS(=O)CCC(C)(C)C(=O)Oc1ccccc1)C(=O)O. The van der Waals surface area contributed by atoms with E-state index < -0.39 is 38.4 Å². The molecule has 1 rings (SSSR count). The average molecular weight is 431 g/mol. The number of hydrogen-bond acceptors (Lipinski definition) is 5. The molecule has 158 valence electrons. The van der Waals surface area contributed by atoms with Gasteiger partial charge in [0.2, 0.25) is 0 Å². The van der Waals surface area contributed by atoms with Crippen LogP contribution in [0.2, 0.25) is 0 Å². The molecule has 0 aromatic heterocycles. The highest BCUT2D eigenvalue weighted by atomic mass is 32.2. The molecule has 0 saturated heterocycles. The van der Waals surface area contributed by atoms with E-state index in [1.807, 2.05) is 6.07 Å². The average Bonchev–Trinajstić information content (AvgIpc) is 2.63. The van der Waals surface area contributed by atoms with Crippen LogP contribution in [0.3, 0.4) is 0 Å². The first-order chi connectivity index (χ1) is 12.9. The molecular weight excluding hydrogens is 400 g/mol. The number of hydrogen-bond donors (Lipinski definition) is 1. The standard InChI is InChI=1S/C20H30O6S2/c1-19(2,17(21)22)10-12-27(24)14-15-28(25)13-11-20(3,4)18(23)26-16-8-6-5-7-9-16/h5-9H,10-15H2,1-4H3,(H,21,22). The molecule has 0 radical (unpaired) electrons. The molecule has 0 aliphatic rings. The van der Waals surface area contributed by atoms with Crippen molar-refractivity contribution in [2.24, 2.45) is 10.8 Å². The monoisotopic (exact) mass is 430 g/mol. The molecule has 2 atom stereocenters. The minimum Gasteiger partial charge on any atom is -0.481 e. The normalized spacial score (nSPS) is 14.3. The maximum Gasteiger partial charge on any atom is 0.316 e. The second kappa shape index (κ2) is 10.9. The molecule has 0 heterocycles. The van der Waals surface area contributed by atoms with Gasteiger partial charge in [0.25, 0.3) is 0 Å². The molecule has 1 N–H and O–H groups in total. The molecule has 0 fully saturated rings. The number of carboxylic acid groups (broad SMARTS) is 1. The zero-order valence-corrected chi connectivity index (χ0v) is 18.6.